The molecule has 0 fully saturated rings. The summed E-state index contributed by atoms with van der Waals surface area (Å²) in [5.41, 5.74) is 0.833. The lowest BCUT2D eigenvalue weighted by Gasteiger charge is -2.21. The van der Waals surface area contributed by atoms with Gasteiger partial charge in [-0.1, -0.05) is 40.9 Å². The lowest BCUT2D eigenvalue weighted by Crippen LogP contribution is -2.21. The monoisotopic (exact) mass is 472 g/mol. The third-order valence-electron chi connectivity index (χ3n) is 4.45. The number of hydrogen-bond donors (Lipinski definition) is 2. The van der Waals surface area contributed by atoms with E-state index >= 15 is 0 Å². The Morgan fingerprint density at radius 1 is 1.13 bits per heavy atom. The van der Waals surface area contributed by atoms with Crippen molar-refractivity contribution in [2.75, 3.05) is 26.9 Å². The summed E-state index contributed by atoms with van der Waals surface area (Å²) in [6.45, 7) is -0.500. The van der Waals surface area contributed by atoms with Crippen molar-refractivity contribution in [1.82, 2.24) is 9.55 Å². The van der Waals surface area contributed by atoms with Crippen molar-refractivity contribution < 1.29 is 19.7 Å². The Balaban J connectivity index is 2.34. The molecule has 2 N–H and O–H groups in total. The number of para-hydroxylation sites is 1. The van der Waals surface area contributed by atoms with Crippen LogP contribution >= 0.6 is 34.8 Å². The topological polar surface area (TPSA) is 93.8 Å². The summed E-state index contributed by atoms with van der Waals surface area (Å²) < 4.78 is 12.6. The van der Waals surface area contributed by atoms with E-state index in [2.05, 4.69) is 4.98 Å². The van der Waals surface area contributed by atoms with Crippen LogP contribution in [0.3, 0.4) is 0 Å². The first-order valence-corrected chi connectivity index (χ1v) is 10.1. The minimum Gasteiger partial charge on any atom is -0.477 e. The zero-order valence-corrected chi connectivity index (χ0v) is 18.2. The molecule has 3 rings (SSSR count). The van der Waals surface area contributed by atoms with Crippen LogP contribution < -0.4 is 10.2 Å². The lowest BCUT2D eigenvalue weighted by atomic mass is 10.1. The maximum absolute atomic E-state index is 13.0. The number of aliphatic hydroxyl groups excluding tert-OH is 2. The van der Waals surface area contributed by atoms with Crippen LogP contribution in [-0.4, -0.2) is 46.7 Å². The van der Waals surface area contributed by atoms with E-state index in [-0.39, 0.29) is 48.1 Å². The van der Waals surface area contributed by atoms with Crippen LogP contribution in [0.1, 0.15) is 5.69 Å². The molecule has 1 aromatic carbocycles. The molecule has 0 unspecified atom stereocenters. The molecule has 0 spiro atoms. The molecule has 3 aromatic rings. The first kappa shape index (κ1) is 22.8. The summed E-state index contributed by atoms with van der Waals surface area (Å²) in [6.07, 6.45) is 1.35. The molecule has 0 bridgehead atoms. The Labute approximate surface area is 187 Å². The van der Waals surface area contributed by atoms with Crippen LogP contribution in [0.4, 0.5) is 0 Å². The van der Waals surface area contributed by atoms with Crippen molar-refractivity contribution in [1.29, 1.82) is 0 Å². The van der Waals surface area contributed by atoms with Gasteiger partial charge in [-0.15, -0.1) is 0 Å². The quantitative estimate of drug-likeness (QED) is 0.520. The highest BCUT2D eigenvalue weighted by atomic mass is 35.5. The van der Waals surface area contributed by atoms with E-state index in [0.717, 1.165) is 0 Å². The predicted octanol–water partition coefficient (Wildman–Crippen LogP) is 3.47. The lowest BCUT2D eigenvalue weighted by molar-refractivity contribution is 0.105. The molecule has 30 heavy (non-hydrogen) atoms. The molecule has 10 heteroatoms. The van der Waals surface area contributed by atoms with Gasteiger partial charge >= 0.3 is 0 Å². The molecule has 0 radical (unpaired) electrons. The van der Waals surface area contributed by atoms with Gasteiger partial charge in [0.25, 0.3) is 0 Å². The van der Waals surface area contributed by atoms with Crippen LogP contribution in [-0.2, 0) is 11.3 Å². The molecule has 0 saturated carbocycles. The average Bonchev–Trinajstić information content (AvgIpc) is 2.72. The van der Waals surface area contributed by atoms with E-state index in [4.69, 9.17) is 44.3 Å². The van der Waals surface area contributed by atoms with E-state index in [1.165, 1.54) is 19.4 Å². The Morgan fingerprint density at radius 3 is 2.40 bits per heavy atom. The highest BCUT2D eigenvalue weighted by Gasteiger charge is 2.22. The zero-order chi connectivity index (χ0) is 21.8. The smallest absolute Gasteiger partial charge is 0.227 e. The van der Waals surface area contributed by atoms with Gasteiger partial charge in [0.2, 0.25) is 5.88 Å². The molecule has 7 nitrogen and oxygen atoms in total. The van der Waals surface area contributed by atoms with Crippen LogP contribution in [0, 0.1) is 5.92 Å². The number of aliphatic hydroxyl groups is 2. The van der Waals surface area contributed by atoms with Gasteiger partial charge in [-0.3, -0.25) is 4.79 Å². The maximum Gasteiger partial charge on any atom is 0.227 e. The Morgan fingerprint density at radius 2 is 1.80 bits per heavy atom. The van der Waals surface area contributed by atoms with Crippen molar-refractivity contribution in [3.05, 3.63) is 61.4 Å². The van der Waals surface area contributed by atoms with Gasteiger partial charge < -0.3 is 24.3 Å². The summed E-state index contributed by atoms with van der Waals surface area (Å²) in [7, 11) is 1.50. The highest BCUT2D eigenvalue weighted by molar-refractivity contribution is 6.38. The molecule has 0 atom stereocenters. The van der Waals surface area contributed by atoms with Crippen LogP contribution in [0.2, 0.25) is 15.1 Å². The summed E-state index contributed by atoms with van der Waals surface area (Å²) in [5, 5.41) is 19.5. The second-order valence-corrected chi connectivity index (χ2v) is 7.74. The van der Waals surface area contributed by atoms with Gasteiger partial charge in [-0.25, -0.2) is 4.98 Å². The highest BCUT2D eigenvalue weighted by Crippen LogP contribution is 2.36. The fourth-order valence-corrected chi connectivity index (χ4v) is 3.81. The first-order valence-electron chi connectivity index (χ1n) is 8.93. The molecule has 0 amide bonds. The second-order valence-electron chi connectivity index (χ2n) is 6.52. The number of methoxy groups -OCH3 is 1. The van der Waals surface area contributed by atoms with Gasteiger partial charge in [0.15, 0.2) is 5.43 Å². The van der Waals surface area contributed by atoms with E-state index in [9.17, 15) is 15.0 Å². The molecular formula is C20H19Cl3N2O5. The van der Waals surface area contributed by atoms with Crippen molar-refractivity contribution in [3.8, 4) is 11.6 Å². The third-order valence-corrected chi connectivity index (χ3v) is 5.34. The number of benzene rings is 1. The number of rotatable bonds is 8. The van der Waals surface area contributed by atoms with Crippen molar-refractivity contribution in [3.63, 3.8) is 0 Å². The van der Waals surface area contributed by atoms with E-state index in [1.54, 1.807) is 22.8 Å². The van der Waals surface area contributed by atoms with E-state index in [1.807, 2.05) is 0 Å². The van der Waals surface area contributed by atoms with Crippen LogP contribution in [0.5, 0.6) is 5.88 Å². The number of nitrogens with zero attached hydrogens (tertiary/aromatic N) is 2. The number of fused-ring (bicyclic) bond motifs is 1. The van der Waals surface area contributed by atoms with Gasteiger partial charge in [-0.05, 0) is 12.1 Å². The number of aromatic nitrogens is 2. The van der Waals surface area contributed by atoms with E-state index < -0.39 is 5.92 Å². The molecule has 0 aliphatic rings. The SMILES string of the molecule is COCc1cc(=O)c2c(OCC(CO)CO)ncc(Cl)c2n1-c1c(Cl)cccc1Cl. The maximum atomic E-state index is 13.0. The third kappa shape index (κ3) is 4.42. The zero-order valence-electron chi connectivity index (χ0n) is 15.9. The number of ether oxygens (including phenoxy) is 2. The van der Waals surface area contributed by atoms with Gasteiger partial charge in [-0.2, -0.15) is 0 Å². The Bertz CT molecular complexity index is 1100. The second kappa shape index (κ2) is 9.96. The normalized spacial score (nSPS) is 11.4. The van der Waals surface area contributed by atoms with Crippen molar-refractivity contribution >= 4 is 45.7 Å². The number of hydrogen-bond acceptors (Lipinski definition) is 6. The Kier molecular flexibility index (Phi) is 7.57. The van der Waals surface area contributed by atoms with Gasteiger partial charge in [0.05, 0.1) is 64.6 Å². The van der Waals surface area contributed by atoms with Crippen molar-refractivity contribution in [2.24, 2.45) is 5.92 Å². The molecular weight excluding hydrogens is 455 g/mol. The van der Waals surface area contributed by atoms with Crippen molar-refractivity contribution in [2.45, 2.75) is 6.61 Å². The summed E-state index contributed by atoms with van der Waals surface area (Å²) in [5.74, 6) is -0.502. The van der Waals surface area contributed by atoms with E-state index in [0.29, 0.717) is 26.9 Å². The fourth-order valence-electron chi connectivity index (χ4n) is 3.02. The standard InChI is InChI=1S/C20H19Cl3N2O5/c1-29-10-12-5-16(28)17-19(25(12)18-13(21)3-2-4-14(18)22)15(23)6-24-20(17)30-9-11(7-26)8-27/h2-6,11,26-27H,7-10H2,1H3. The number of halogens is 3. The van der Waals surface area contributed by atoms with Gasteiger partial charge in [0, 0.05) is 19.1 Å². The minimum absolute atomic E-state index is 0.0205. The Hall–Kier alpha value is -1.87. The predicted molar refractivity (Wildman–Crippen MR) is 116 cm³/mol. The number of pyridine rings is 2. The largest absolute Gasteiger partial charge is 0.477 e. The fraction of sp³-hybridized carbons (Fsp3) is 0.300. The molecule has 2 heterocycles. The average molecular weight is 474 g/mol. The minimum atomic E-state index is -0.523. The first-order chi connectivity index (χ1) is 14.4. The molecule has 0 aliphatic heterocycles. The van der Waals surface area contributed by atoms with Crippen LogP contribution in [0.15, 0.2) is 35.3 Å². The summed E-state index contributed by atoms with van der Waals surface area (Å²) in [4.78, 5) is 17.1. The summed E-state index contributed by atoms with van der Waals surface area (Å²) in [6, 6.07) is 6.42. The van der Waals surface area contributed by atoms with Crippen LogP contribution in [0.25, 0.3) is 16.6 Å². The van der Waals surface area contributed by atoms with Gasteiger partial charge in [0.1, 0.15) is 5.39 Å². The molecule has 0 aliphatic carbocycles. The molecule has 2 aromatic heterocycles. The molecule has 160 valence electrons. The summed E-state index contributed by atoms with van der Waals surface area (Å²) >= 11 is 19.3. The molecule has 0 saturated heterocycles.